The van der Waals surface area contributed by atoms with E-state index in [4.69, 9.17) is 0 Å². The molecular weight excluding hydrogens is 1060 g/mol. The SMILES string of the molecule is Cc1ccc(N(c2ccc(-c3ccc(-c4ccc(C(C)(C)CC(C)(C)C)cc4)cc3)cc2)c2cc3c4ccccc4c(N(c4ccc(-c5ccc(-c6ccc(C(C)(C)CC(C)(C)C)cc6)cc5)cc4)c4ccc(C)cc4C)cc3c3ccccc23)c(C)c1. The van der Waals surface area contributed by atoms with Crippen LogP contribution in [0.1, 0.15) is 115 Å². The molecule has 0 aromatic heterocycles. The third kappa shape index (κ3) is 12.2. The molecule has 0 aliphatic heterocycles. The third-order valence-electron chi connectivity index (χ3n) is 18.1. The van der Waals surface area contributed by atoms with Gasteiger partial charge in [-0.05, 0) is 199 Å². The molecule has 0 unspecified atom stereocenters. The van der Waals surface area contributed by atoms with Crippen LogP contribution in [0.5, 0.6) is 0 Å². The smallest absolute Gasteiger partial charge is 0.0546 e. The highest BCUT2D eigenvalue weighted by atomic mass is 15.2. The Kier molecular flexibility index (Phi) is 15.7. The van der Waals surface area contributed by atoms with Crippen LogP contribution in [0.3, 0.4) is 0 Å². The van der Waals surface area contributed by atoms with Gasteiger partial charge in [-0.15, -0.1) is 0 Å². The summed E-state index contributed by atoms with van der Waals surface area (Å²) in [6, 6.07) is 91.6. The van der Waals surface area contributed by atoms with E-state index in [0.29, 0.717) is 0 Å². The monoisotopic (exact) mass is 1150 g/mol. The molecule has 0 radical (unpaired) electrons. The number of hydrogen-bond acceptors (Lipinski definition) is 2. The lowest BCUT2D eigenvalue weighted by Gasteiger charge is -2.33. The molecule has 2 heteroatoms. The lowest BCUT2D eigenvalue weighted by atomic mass is 9.72. The largest absolute Gasteiger partial charge is 0.310 e. The van der Waals surface area contributed by atoms with Gasteiger partial charge in [0.05, 0.1) is 11.4 Å². The minimum absolute atomic E-state index is 0.107. The van der Waals surface area contributed by atoms with Gasteiger partial charge in [0.15, 0.2) is 0 Å². The van der Waals surface area contributed by atoms with Crippen molar-refractivity contribution in [2.45, 2.75) is 121 Å². The van der Waals surface area contributed by atoms with Crippen LogP contribution in [-0.2, 0) is 10.8 Å². The molecule has 0 aliphatic rings. The average molecular weight is 1150 g/mol. The standard InChI is InChI=1S/C86H86N2/c1-57-23-49-79(59(3)51-57)87(71-45-37-67(38-46-71)63-29-25-61(26-30-63)65-33-41-69(42-34-65)85(11,12)55-83(5,6)7)81-53-77-74-20-16-18-22-76(74)82(54-78(77)73-19-15-17-21-75(73)81)88(80-50-24-58(2)52-60(80)4)72-47-39-68(40-48-72)64-31-27-62(28-32-64)66-35-43-70(44-36-66)86(13,14)56-84(8,9)10/h15-54H,55-56H2,1-14H3. The molecule has 0 amide bonds. The first-order valence-corrected chi connectivity index (χ1v) is 31.7. The minimum atomic E-state index is 0.107. The van der Waals surface area contributed by atoms with Gasteiger partial charge in [-0.1, -0.05) is 274 Å². The average Bonchev–Trinajstić information content (AvgIpc) is 0.772. The van der Waals surface area contributed by atoms with Crippen molar-refractivity contribution in [2.24, 2.45) is 10.8 Å². The predicted octanol–water partition coefficient (Wildman–Crippen LogP) is 25.4. The van der Waals surface area contributed by atoms with Crippen molar-refractivity contribution in [1.82, 2.24) is 0 Å². The highest BCUT2D eigenvalue weighted by molar-refractivity contribution is 6.24. The summed E-state index contributed by atoms with van der Waals surface area (Å²) >= 11 is 0. The van der Waals surface area contributed by atoms with E-state index in [9.17, 15) is 0 Å². The Hall–Kier alpha value is -8.98. The van der Waals surface area contributed by atoms with E-state index in [0.717, 1.165) is 47.0 Å². The predicted molar refractivity (Wildman–Crippen MR) is 383 cm³/mol. The van der Waals surface area contributed by atoms with Crippen LogP contribution in [-0.4, -0.2) is 0 Å². The number of fused-ring (bicyclic) bond motifs is 5. The second-order valence-electron chi connectivity index (χ2n) is 28.9. The van der Waals surface area contributed by atoms with Crippen LogP contribution in [0.4, 0.5) is 34.1 Å². The van der Waals surface area contributed by atoms with E-state index in [1.807, 2.05) is 0 Å². The van der Waals surface area contributed by atoms with Gasteiger partial charge in [0.2, 0.25) is 0 Å². The Morgan fingerprint density at radius 3 is 0.784 bits per heavy atom. The molecule has 0 fully saturated rings. The lowest BCUT2D eigenvalue weighted by Crippen LogP contribution is -2.24. The van der Waals surface area contributed by atoms with Crippen LogP contribution in [0.2, 0.25) is 0 Å². The second-order valence-corrected chi connectivity index (χ2v) is 28.9. The van der Waals surface area contributed by atoms with Crippen molar-refractivity contribution in [3.63, 3.8) is 0 Å². The first-order valence-electron chi connectivity index (χ1n) is 31.7. The van der Waals surface area contributed by atoms with Gasteiger partial charge in [-0.3, -0.25) is 0 Å². The summed E-state index contributed by atoms with van der Waals surface area (Å²) in [5.74, 6) is 0. The van der Waals surface area contributed by atoms with Crippen molar-refractivity contribution in [3.8, 4) is 44.5 Å². The van der Waals surface area contributed by atoms with Gasteiger partial charge >= 0.3 is 0 Å². The molecular formula is C86H86N2. The fourth-order valence-electron chi connectivity index (χ4n) is 14.6. The van der Waals surface area contributed by atoms with Crippen molar-refractivity contribution < 1.29 is 0 Å². The number of aryl methyl sites for hydroxylation is 4. The number of rotatable bonds is 14. The maximum atomic E-state index is 2.49. The summed E-state index contributed by atoms with van der Waals surface area (Å²) < 4.78 is 0. The fourth-order valence-corrected chi connectivity index (χ4v) is 14.6. The molecule has 2 nitrogen and oxygen atoms in total. The van der Waals surface area contributed by atoms with Crippen molar-refractivity contribution in [2.75, 3.05) is 9.80 Å². The topological polar surface area (TPSA) is 6.48 Å². The zero-order valence-electron chi connectivity index (χ0n) is 54.4. The number of hydrogen-bond donors (Lipinski definition) is 0. The lowest BCUT2D eigenvalue weighted by molar-refractivity contribution is 0.283. The molecule has 12 rings (SSSR count). The zero-order chi connectivity index (χ0) is 61.9. The van der Waals surface area contributed by atoms with Crippen LogP contribution in [0.15, 0.2) is 243 Å². The van der Waals surface area contributed by atoms with Crippen LogP contribution in [0.25, 0.3) is 76.8 Å². The molecule has 0 atom stereocenters. The van der Waals surface area contributed by atoms with Gasteiger partial charge in [-0.25, -0.2) is 0 Å². The van der Waals surface area contributed by atoms with Crippen molar-refractivity contribution >= 4 is 66.4 Å². The quantitative estimate of drug-likeness (QED) is 0.100. The molecule has 0 aliphatic carbocycles. The molecule has 12 aromatic carbocycles. The number of nitrogens with zero attached hydrogens (tertiary/aromatic N) is 2. The van der Waals surface area contributed by atoms with Gasteiger partial charge in [0.25, 0.3) is 0 Å². The zero-order valence-corrected chi connectivity index (χ0v) is 54.4. The summed E-state index contributed by atoms with van der Waals surface area (Å²) in [5.41, 5.74) is 24.9. The summed E-state index contributed by atoms with van der Waals surface area (Å²) in [6.07, 6.45) is 2.26. The highest BCUT2D eigenvalue weighted by Gasteiger charge is 2.29. The Labute approximate surface area is 525 Å². The third-order valence-corrected chi connectivity index (χ3v) is 18.1. The summed E-state index contributed by atoms with van der Waals surface area (Å²) in [6.45, 7) is 32.3. The van der Waals surface area contributed by atoms with Gasteiger partial charge in [0, 0.05) is 33.5 Å². The van der Waals surface area contributed by atoms with Gasteiger partial charge < -0.3 is 9.80 Å². The molecule has 0 bridgehead atoms. The van der Waals surface area contributed by atoms with E-state index < -0.39 is 0 Å². The molecule has 88 heavy (non-hydrogen) atoms. The normalized spacial score (nSPS) is 12.3. The van der Waals surface area contributed by atoms with E-state index in [1.54, 1.807) is 0 Å². The number of benzene rings is 12. The molecule has 0 spiro atoms. The minimum Gasteiger partial charge on any atom is -0.310 e. The molecule has 12 aromatic rings. The molecule has 0 saturated carbocycles. The van der Waals surface area contributed by atoms with E-state index >= 15 is 0 Å². The molecule has 0 saturated heterocycles. The van der Waals surface area contributed by atoms with Crippen LogP contribution >= 0.6 is 0 Å². The molecule has 0 heterocycles. The summed E-state index contributed by atoms with van der Waals surface area (Å²) in [4.78, 5) is 4.98. The Balaban J connectivity index is 0.912. The van der Waals surface area contributed by atoms with E-state index in [2.05, 4.69) is 349 Å². The summed E-state index contributed by atoms with van der Waals surface area (Å²) in [5, 5.41) is 7.21. The molecule has 440 valence electrons. The number of anilines is 6. The maximum Gasteiger partial charge on any atom is 0.0546 e. The Morgan fingerprint density at radius 2 is 0.511 bits per heavy atom. The first-order chi connectivity index (χ1) is 42.0. The van der Waals surface area contributed by atoms with Crippen molar-refractivity contribution in [3.05, 3.63) is 276 Å². The van der Waals surface area contributed by atoms with E-state index in [1.165, 1.54) is 110 Å². The van der Waals surface area contributed by atoms with Crippen LogP contribution < -0.4 is 9.80 Å². The Morgan fingerprint density at radius 1 is 0.250 bits per heavy atom. The second kappa shape index (κ2) is 23.3. The Bertz CT molecular complexity index is 4200. The summed E-state index contributed by atoms with van der Waals surface area (Å²) in [7, 11) is 0. The van der Waals surface area contributed by atoms with E-state index in [-0.39, 0.29) is 21.7 Å². The van der Waals surface area contributed by atoms with Gasteiger partial charge in [0.1, 0.15) is 0 Å². The van der Waals surface area contributed by atoms with Crippen LogP contribution in [0, 0.1) is 38.5 Å². The highest BCUT2D eigenvalue weighted by Crippen LogP contribution is 2.50. The fraction of sp³-hybridized carbons (Fsp3) is 0.233. The maximum absolute atomic E-state index is 2.49. The van der Waals surface area contributed by atoms with Crippen molar-refractivity contribution in [1.29, 1.82) is 0 Å². The molecule has 0 N–H and O–H groups in total. The first kappa shape index (κ1) is 59.4. The van der Waals surface area contributed by atoms with Gasteiger partial charge in [-0.2, -0.15) is 0 Å².